The van der Waals surface area contributed by atoms with E-state index in [1.807, 2.05) is 7.11 Å². The van der Waals surface area contributed by atoms with Crippen LogP contribution in [0.25, 0.3) is 0 Å². The van der Waals surface area contributed by atoms with Crippen LogP contribution >= 0.6 is 12.4 Å². The molecule has 0 aromatic carbocycles. The Morgan fingerprint density at radius 2 is 2.18 bits per heavy atom. The molecular weight excluding hydrogens is 162 g/mol. The van der Waals surface area contributed by atoms with Crippen LogP contribution in [0.2, 0.25) is 0 Å². The molecule has 1 N–H and O–H groups in total. The molecule has 0 radical (unpaired) electrons. The summed E-state index contributed by atoms with van der Waals surface area (Å²) in [7, 11) is 1.81. The van der Waals surface area contributed by atoms with Crippen LogP contribution in [0.1, 0.15) is 20.3 Å². The monoisotopic (exact) mass is 179 g/mol. The van der Waals surface area contributed by atoms with E-state index in [1.165, 1.54) is 0 Å². The minimum atomic E-state index is 0. The maximum atomic E-state index is 5.45. The Labute approximate surface area is 75.1 Å². The van der Waals surface area contributed by atoms with Crippen LogP contribution in [-0.4, -0.2) is 25.8 Å². The highest BCUT2D eigenvalue weighted by atomic mass is 35.5. The lowest BCUT2D eigenvalue weighted by molar-refractivity contribution is -0.0554. The third-order valence-electron chi connectivity index (χ3n) is 2.76. The molecule has 0 bridgehead atoms. The highest BCUT2D eigenvalue weighted by Gasteiger charge is 2.32. The molecule has 3 heteroatoms. The van der Waals surface area contributed by atoms with Gasteiger partial charge in [-0.05, 0) is 25.8 Å². The fourth-order valence-electron chi connectivity index (χ4n) is 1.42. The van der Waals surface area contributed by atoms with E-state index in [-0.39, 0.29) is 18.0 Å². The molecule has 0 saturated carbocycles. The van der Waals surface area contributed by atoms with Crippen LogP contribution in [0.4, 0.5) is 0 Å². The first-order valence-electron chi connectivity index (χ1n) is 3.95. The van der Waals surface area contributed by atoms with Crippen molar-refractivity contribution in [2.24, 2.45) is 5.92 Å². The first-order valence-corrected chi connectivity index (χ1v) is 3.95. The van der Waals surface area contributed by atoms with Gasteiger partial charge in [-0.2, -0.15) is 0 Å². The van der Waals surface area contributed by atoms with Gasteiger partial charge in [0.15, 0.2) is 0 Å². The van der Waals surface area contributed by atoms with Crippen LogP contribution in [0.15, 0.2) is 0 Å². The van der Waals surface area contributed by atoms with E-state index in [0.29, 0.717) is 5.92 Å². The predicted octanol–water partition coefficient (Wildman–Crippen LogP) is 1.44. The van der Waals surface area contributed by atoms with Gasteiger partial charge in [0.25, 0.3) is 0 Å². The van der Waals surface area contributed by atoms with Crippen LogP contribution < -0.4 is 5.32 Å². The minimum Gasteiger partial charge on any atom is -0.378 e. The van der Waals surface area contributed by atoms with Gasteiger partial charge >= 0.3 is 0 Å². The zero-order valence-corrected chi connectivity index (χ0v) is 8.33. The van der Waals surface area contributed by atoms with E-state index in [1.54, 1.807) is 0 Å². The fraction of sp³-hybridized carbons (Fsp3) is 1.00. The lowest BCUT2D eigenvalue weighted by Gasteiger charge is -2.38. The van der Waals surface area contributed by atoms with E-state index >= 15 is 0 Å². The summed E-state index contributed by atoms with van der Waals surface area (Å²) in [6.07, 6.45) is 1.13. The van der Waals surface area contributed by atoms with Gasteiger partial charge in [-0.1, -0.05) is 6.92 Å². The molecule has 11 heavy (non-hydrogen) atoms. The van der Waals surface area contributed by atoms with Gasteiger partial charge in [-0.15, -0.1) is 12.4 Å². The smallest absolute Gasteiger partial charge is 0.0700 e. The zero-order valence-electron chi connectivity index (χ0n) is 7.52. The molecule has 0 aromatic heterocycles. The molecule has 0 amide bonds. The molecular formula is C8H18ClNO. The number of rotatable bonds is 1. The number of hydrogen-bond donors (Lipinski definition) is 1. The summed E-state index contributed by atoms with van der Waals surface area (Å²) in [6.45, 7) is 6.60. The number of piperidine rings is 1. The van der Waals surface area contributed by atoms with Gasteiger partial charge < -0.3 is 10.1 Å². The normalized spacial score (nSPS) is 37.9. The van der Waals surface area contributed by atoms with Gasteiger partial charge in [0, 0.05) is 13.7 Å². The Hall–Kier alpha value is 0.210. The van der Waals surface area contributed by atoms with Gasteiger partial charge in [-0.25, -0.2) is 0 Å². The molecule has 1 aliphatic rings. The average Bonchev–Trinajstić information content (AvgIpc) is 1.96. The molecule has 1 rings (SSSR count). The molecule has 1 saturated heterocycles. The standard InChI is InChI=1S/C8H17NO.ClH/c1-7-6-9-5-4-8(7,2)10-3;/h7,9H,4-6H2,1-3H3;1H. The summed E-state index contributed by atoms with van der Waals surface area (Å²) in [5.74, 6) is 0.631. The Bertz CT molecular complexity index is 121. The van der Waals surface area contributed by atoms with Gasteiger partial charge in [0.05, 0.1) is 5.60 Å². The third kappa shape index (κ3) is 2.32. The first-order chi connectivity index (χ1) is 4.69. The zero-order chi connectivity index (χ0) is 7.61. The number of hydrogen-bond acceptors (Lipinski definition) is 2. The van der Waals surface area contributed by atoms with Gasteiger partial charge in [0.2, 0.25) is 0 Å². The molecule has 1 fully saturated rings. The Kier molecular flexibility index (Phi) is 4.37. The average molecular weight is 180 g/mol. The van der Waals surface area contributed by atoms with E-state index in [2.05, 4.69) is 19.2 Å². The van der Waals surface area contributed by atoms with E-state index in [0.717, 1.165) is 19.5 Å². The molecule has 0 spiro atoms. The third-order valence-corrected chi connectivity index (χ3v) is 2.76. The van der Waals surface area contributed by atoms with Crippen molar-refractivity contribution in [3.63, 3.8) is 0 Å². The number of ether oxygens (including phenoxy) is 1. The van der Waals surface area contributed by atoms with Crippen LogP contribution in [0.5, 0.6) is 0 Å². The predicted molar refractivity (Wildman–Crippen MR) is 49.3 cm³/mol. The second kappa shape index (κ2) is 4.29. The topological polar surface area (TPSA) is 21.3 Å². The Morgan fingerprint density at radius 3 is 2.55 bits per heavy atom. The molecule has 0 aliphatic carbocycles. The fourth-order valence-corrected chi connectivity index (χ4v) is 1.42. The van der Waals surface area contributed by atoms with Crippen molar-refractivity contribution < 1.29 is 4.74 Å². The number of methoxy groups -OCH3 is 1. The molecule has 2 nitrogen and oxygen atoms in total. The van der Waals surface area contributed by atoms with Gasteiger partial charge in [-0.3, -0.25) is 0 Å². The lowest BCUT2D eigenvalue weighted by atomic mass is 9.85. The van der Waals surface area contributed by atoms with Crippen molar-refractivity contribution >= 4 is 12.4 Å². The summed E-state index contributed by atoms with van der Waals surface area (Å²) >= 11 is 0. The Balaban J connectivity index is 0.000001000. The summed E-state index contributed by atoms with van der Waals surface area (Å²) in [4.78, 5) is 0. The summed E-state index contributed by atoms with van der Waals surface area (Å²) in [6, 6.07) is 0. The van der Waals surface area contributed by atoms with Crippen LogP contribution in [0.3, 0.4) is 0 Å². The lowest BCUT2D eigenvalue weighted by Crippen LogP contribution is -2.48. The molecule has 2 atom stereocenters. The summed E-state index contributed by atoms with van der Waals surface area (Å²) in [5.41, 5.74) is 0.116. The Morgan fingerprint density at radius 1 is 1.55 bits per heavy atom. The van der Waals surface area contributed by atoms with Crippen molar-refractivity contribution in [2.75, 3.05) is 20.2 Å². The first kappa shape index (κ1) is 11.2. The highest BCUT2D eigenvalue weighted by Crippen LogP contribution is 2.26. The van der Waals surface area contributed by atoms with E-state index in [9.17, 15) is 0 Å². The second-order valence-electron chi connectivity index (χ2n) is 3.37. The summed E-state index contributed by atoms with van der Waals surface area (Å²) < 4.78 is 5.45. The maximum Gasteiger partial charge on any atom is 0.0700 e. The number of nitrogens with one attached hydrogen (secondary N) is 1. The minimum absolute atomic E-state index is 0. The maximum absolute atomic E-state index is 5.45. The van der Waals surface area contributed by atoms with Crippen molar-refractivity contribution in [3.8, 4) is 0 Å². The van der Waals surface area contributed by atoms with Crippen molar-refractivity contribution in [1.82, 2.24) is 5.32 Å². The molecule has 0 aromatic rings. The quantitative estimate of drug-likeness (QED) is 0.658. The number of halogens is 1. The molecule has 1 aliphatic heterocycles. The van der Waals surface area contributed by atoms with E-state index < -0.39 is 0 Å². The SMILES string of the molecule is COC1(C)CCNCC1C.Cl. The van der Waals surface area contributed by atoms with Crippen molar-refractivity contribution in [2.45, 2.75) is 25.9 Å². The van der Waals surface area contributed by atoms with Crippen molar-refractivity contribution in [3.05, 3.63) is 0 Å². The molecule has 1 heterocycles. The molecule has 68 valence electrons. The summed E-state index contributed by atoms with van der Waals surface area (Å²) in [5, 5.41) is 3.34. The van der Waals surface area contributed by atoms with Crippen LogP contribution in [-0.2, 0) is 4.74 Å². The highest BCUT2D eigenvalue weighted by molar-refractivity contribution is 5.85. The van der Waals surface area contributed by atoms with E-state index in [4.69, 9.17) is 4.74 Å². The van der Waals surface area contributed by atoms with Crippen LogP contribution in [0, 0.1) is 5.92 Å². The van der Waals surface area contributed by atoms with Gasteiger partial charge in [0.1, 0.15) is 0 Å². The second-order valence-corrected chi connectivity index (χ2v) is 3.37. The molecule has 2 unspecified atom stereocenters. The van der Waals surface area contributed by atoms with Crippen molar-refractivity contribution in [1.29, 1.82) is 0 Å². The largest absolute Gasteiger partial charge is 0.378 e.